The van der Waals surface area contributed by atoms with Crippen LogP contribution in [0.15, 0.2) is 90.4 Å². The first kappa shape index (κ1) is 49.8. The van der Waals surface area contributed by atoms with Gasteiger partial charge >= 0.3 is 0 Å². The molecular formula is C61H75N5O7. The van der Waals surface area contributed by atoms with Crippen molar-refractivity contribution >= 4 is 22.3 Å². The number of phenols is 1. The van der Waals surface area contributed by atoms with Crippen LogP contribution in [-0.2, 0) is 16.0 Å². The maximum Gasteiger partial charge on any atom is 0.160 e. The van der Waals surface area contributed by atoms with E-state index in [0.29, 0.717) is 99.4 Å². The summed E-state index contributed by atoms with van der Waals surface area (Å²) in [4.78, 5) is 31.9. The number of aromatic hydroxyl groups is 1. The average Bonchev–Trinajstić information content (AvgIpc) is 3.90. The number of methoxy groups -OCH3 is 1. The van der Waals surface area contributed by atoms with Gasteiger partial charge in [0.25, 0.3) is 0 Å². The van der Waals surface area contributed by atoms with Gasteiger partial charge in [-0.15, -0.1) is 0 Å². The molecule has 10 N–H and O–H groups in total. The summed E-state index contributed by atoms with van der Waals surface area (Å²) >= 11 is 0. The first-order valence-corrected chi connectivity index (χ1v) is 27.5. The number of phenolic OH excluding ortho intramolecular Hbond substituents is 1. The molecule has 15 unspecified atom stereocenters. The smallest absolute Gasteiger partial charge is 0.160 e. The van der Waals surface area contributed by atoms with Gasteiger partial charge in [-0.2, -0.15) is 0 Å². The van der Waals surface area contributed by atoms with Crippen LogP contribution in [0, 0.1) is 58.7 Å². The number of nitrogens with one attached hydrogen (secondary N) is 4. The number of fused-ring (bicyclic) bond motifs is 5. The first-order chi connectivity index (χ1) is 35.5. The predicted molar refractivity (Wildman–Crippen MR) is 283 cm³/mol. The van der Waals surface area contributed by atoms with E-state index in [1.165, 1.54) is 18.4 Å². The van der Waals surface area contributed by atoms with Gasteiger partial charge < -0.3 is 51.8 Å². The van der Waals surface area contributed by atoms with E-state index in [2.05, 4.69) is 88.4 Å². The normalized spacial score (nSPS) is 33.3. The third-order valence-corrected chi connectivity index (χ3v) is 19.2. The van der Waals surface area contributed by atoms with E-state index in [1.54, 1.807) is 6.07 Å². The summed E-state index contributed by atoms with van der Waals surface area (Å²) in [6.45, 7) is 5.28. The minimum atomic E-state index is -1.28. The molecule has 0 bridgehead atoms. The van der Waals surface area contributed by atoms with Crippen LogP contribution in [0.5, 0.6) is 11.5 Å². The molecule has 1 aromatic heterocycles. The number of hydrogen-bond acceptors (Lipinski definition) is 11. The molecule has 15 atom stereocenters. The number of aliphatic hydroxyl groups excluding tert-OH is 3. The summed E-state index contributed by atoms with van der Waals surface area (Å²) < 4.78 is 5.59. The molecule has 73 heavy (non-hydrogen) atoms. The fourth-order valence-electron chi connectivity index (χ4n) is 16.1. The number of rotatable bonds is 14. The Kier molecular flexibility index (Phi) is 14.1. The molecule has 2 aliphatic heterocycles. The Morgan fingerprint density at radius 1 is 0.986 bits per heavy atom. The number of benzene rings is 3. The second kappa shape index (κ2) is 20.7. The Labute approximate surface area is 430 Å². The van der Waals surface area contributed by atoms with Crippen molar-refractivity contribution in [2.45, 2.75) is 119 Å². The number of dihydropyridines is 1. The van der Waals surface area contributed by atoms with Gasteiger partial charge in [0, 0.05) is 68.1 Å². The zero-order chi connectivity index (χ0) is 50.5. The monoisotopic (exact) mass is 990 g/mol. The highest BCUT2D eigenvalue weighted by atomic mass is 16.5. The van der Waals surface area contributed by atoms with Crippen molar-refractivity contribution < 1.29 is 34.8 Å². The third kappa shape index (κ3) is 9.11. The lowest BCUT2D eigenvalue weighted by molar-refractivity contribution is -0.141. The van der Waals surface area contributed by atoms with Crippen LogP contribution in [0.4, 0.5) is 0 Å². The summed E-state index contributed by atoms with van der Waals surface area (Å²) in [5.41, 5.74) is 11.4. The third-order valence-electron chi connectivity index (χ3n) is 19.2. The van der Waals surface area contributed by atoms with E-state index in [1.807, 2.05) is 24.3 Å². The highest BCUT2D eigenvalue weighted by Gasteiger charge is 2.63. The SMILES string of the molecule is CCNCC1C2c3[nH]ccc3C3CC(=O)CC4NCC(C(CCO)C1C1CCC5(C#CC(CCC(O)CC(C6=CCNC(N)=C6)c6ccc7ccccc7c6)c6cc(O)c(OC)cc6CCC5=O)C(O)C1)C2C43. The van der Waals surface area contributed by atoms with Crippen LogP contribution in [0.1, 0.15) is 123 Å². The number of hydrogen-bond donors (Lipinski definition) is 9. The Bertz CT molecular complexity index is 2840. The minimum absolute atomic E-state index is 0.00657. The van der Waals surface area contributed by atoms with Crippen LogP contribution in [0.2, 0.25) is 0 Å². The number of allylic oxidation sites excluding steroid dienone is 2. The lowest BCUT2D eigenvalue weighted by atomic mass is 9.43. The second-order valence-electron chi connectivity index (χ2n) is 22.8. The van der Waals surface area contributed by atoms with E-state index in [-0.39, 0.29) is 72.0 Å². The number of nitrogens with two attached hydrogens (primary N) is 1. The standard InChI is InChI=1S/C61H75N5O7/c1-3-63-32-49-56(43(18-23-67)48-33-66-50-30-42(69)29-47-44-17-22-65-60(44)59(49)58(48)57(47)50)40-15-20-61(54(72)26-40)19-14-35(46-31-51(70)52(73-2)25-38(46)11-13-53(61)71)10-12-41(68)28-45(39-16-21-64-55(62)27-39)37-9-8-34-6-4-5-7-36(34)24-37/h4-9,16-17,22,24-25,27,31,35,40-41,43,45,47-50,54,56-59,63-68,70,72H,3,10-13,15,18,20-21,23,26,28-30,32-33,62H2,1-2H3. The molecule has 386 valence electrons. The molecule has 4 fully saturated rings. The number of aryl methyl sites for hydroxylation is 1. The Balaban J connectivity index is 0.897. The molecule has 5 aliphatic carbocycles. The van der Waals surface area contributed by atoms with Gasteiger partial charge in [0.1, 0.15) is 11.2 Å². The second-order valence-corrected chi connectivity index (χ2v) is 22.8. The number of carbonyl (C=O) groups is 2. The number of ketones is 2. The molecule has 3 heterocycles. The fourth-order valence-corrected chi connectivity index (χ4v) is 16.1. The molecule has 3 aromatic carbocycles. The van der Waals surface area contributed by atoms with E-state index < -0.39 is 23.5 Å². The zero-order valence-electron chi connectivity index (χ0n) is 42.5. The average molecular weight is 990 g/mol. The maximum atomic E-state index is 14.9. The van der Waals surface area contributed by atoms with Crippen molar-refractivity contribution in [1.82, 2.24) is 20.9 Å². The fraction of sp³-hybridized carbons (Fsp3) is 0.541. The van der Waals surface area contributed by atoms with Gasteiger partial charge in [0.05, 0.1) is 25.1 Å². The molecule has 12 nitrogen and oxygen atoms in total. The summed E-state index contributed by atoms with van der Waals surface area (Å²) in [6.07, 6.45) is 9.75. The molecule has 0 radical (unpaired) electrons. The highest BCUT2D eigenvalue weighted by molar-refractivity contribution is 5.89. The number of H-pyrrole nitrogens is 1. The van der Waals surface area contributed by atoms with E-state index in [4.69, 9.17) is 10.5 Å². The number of carbonyl (C=O) groups excluding carboxylic acids is 2. The first-order valence-electron chi connectivity index (χ1n) is 27.5. The molecule has 0 amide bonds. The van der Waals surface area contributed by atoms with Gasteiger partial charge in [-0.1, -0.05) is 67.3 Å². The predicted octanol–water partition coefficient (Wildman–Crippen LogP) is 7.19. The van der Waals surface area contributed by atoms with E-state index in [0.717, 1.165) is 59.1 Å². The number of aromatic nitrogens is 1. The molecule has 1 saturated heterocycles. The molecule has 12 heteroatoms. The van der Waals surface area contributed by atoms with Crippen LogP contribution in [0.25, 0.3) is 10.8 Å². The Morgan fingerprint density at radius 2 is 1.84 bits per heavy atom. The van der Waals surface area contributed by atoms with Crippen molar-refractivity contribution in [2.75, 3.05) is 39.9 Å². The van der Waals surface area contributed by atoms with E-state index >= 15 is 0 Å². The lowest BCUT2D eigenvalue weighted by Crippen LogP contribution is -2.65. The highest BCUT2D eigenvalue weighted by Crippen LogP contribution is 2.65. The molecule has 3 saturated carbocycles. The summed E-state index contributed by atoms with van der Waals surface area (Å²) in [5, 5.41) is 60.1. The summed E-state index contributed by atoms with van der Waals surface area (Å²) in [7, 11) is 1.52. The number of ether oxygens (including phenoxy) is 1. The van der Waals surface area contributed by atoms with Crippen molar-refractivity contribution in [3.8, 4) is 23.3 Å². The van der Waals surface area contributed by atoms with Crippen LogP contribution < -0.4 is 26.4 Å². The van der Waals surface area contributed by atoms with Gasteiger partial charge in [0.2, 0.25) is 0 Å². The topological polar surface area (TPSA) is 202 Å². The van der Waals surface area contributed by atoms with Crippen molar-refractivity contribution in [3.63, 3.8) is 0 Å². The quantitative estimate of drug-likeness (QED) is 0.0579. The Morgan fingerprint density at radius 3 is 2.63 bits per heavy atom. The molecule has 1 spiro atoms. The van der Waals surface area contributed by atoms with Crippen LogP contribution in [-0.4, -0.2) is 95.1 Å². The van der Waals surface area contributed by atoms with Crippen molar-refractivity contribution in [1.29, 1.82) is 0 Å². The maximum absolute atomic E-state index is 14.9. The minimum Gasteiger partial charge on any atom is -0.504 e. The van der Waals surface area contributed by atoms with Gasteiger partial charge in [-0.25, -0.2) is 0 Å². The number of piperidine rings is 1. The largest absolute Gasteiger partial charge is 0.504 e. The van der Waals surface area contributed by atoms with Gasteiger partial charge in [-0.05, 0) is 181 Å². The lowest BCUT2D eigenvalue weighted by Gasteiger charge is -2.64. The van der Waals surface area contributed by atoms with E-state index in [9.17, 15) is 30.0 Å². The molecule has 11 rings (SSSR count). The Hall–Kier alpha value is -5.42. The molecular weight excluding hydrogens is 915 g/mol. The van der Waals surface area contributed by atoms with Gasteiger partial charge in [0.15, 0.2) is 17.3 Å². The van der Waals surface area contributed by atoms with Crippen LogP contribution in [0.3, 0.4) is 0 Å². The molecule has 4 aromatic rings. The number of aliphatic hydroxyl groups is 3. The van der Waals surface area contributed by atoms with Crippen LogP contribution >= 0.6 is 0 Å². The summed E-state index contributed by atoms with van der Waals surface area (Å²) in [5.74, 6) is 9.82. The van der Waals surface area contributed by atoms with Gasteiger partial charge in [-0.3, -0.25) is 9.59 Å². The summed E-state index contributed by atoms with van der Waals surface area (Å²) in [6, 6.07) is 20.7. The van der Waals surface area contributed by atoms with Crippen molar-refractivity contribution in [3.05, 3.63) is 118 Å². The zero-order valence-corrected chi connectivity index (χ0v) is 42.5. The van der Waals surface area contributed by atoms with Crippen molar-refractivity contribution in [2.24, 2.45) is 52.6 Å². The molecule has 7 aliphatic rings. The number of Topliss-reactive ketones (excluding diaryl/α,β-unsaturated/α-hetero) is 2. The number of aromatic amines is 1.